The van der Waals surface area contributed by atoms with E-state index in [0.717, 1.165) is 5.56 Å². The van der Waals surface area contributed by atoms with Crippen molar-refractivity contribution in [2.24, 2.45) is 0 Å². The minimum absolute atomic E-state index is 0.0884. The van der Waals surface area contributed by atoms with Crippen molar-refractivity contribution in [2.75, 3.05) is 28.4 Å². The Labute approximate surface area is 202 Å². The predicted octanol–water partition coefficient (Wildman–Crippen LogP) is 4.49. The molecular weight excluding hydrogens is 452 g/mol. The Morgan fingerprint density at radius 2 is 1.46 bits per heavy atom. The molecule has 0 N–H and O–H groups in total. The molecule has 8 heteroatoms. The number of methoxy groups -OCH3 is 4. The van der Waals surface area contributed by atoms with Crippen LogP contribution >= 0.6 is 0 Å². The third-order valence-corrected chi connectivity index (χ3v) is 5.40. The second-order valence-corrected chi connectivity index (χ2v) is 7.55. The number of ketones is 1. The predicted molar refractivity (Wildman–Crippen MR) is 128 cm³/mol. The monoisotopic (exact) mass is 476 g/mol. The molecule has 0 fully saturated rings. The van der Waals surface area contributed by atoms with Crippen LogP contribution in [0.25, 0.3) is 6.08 Å². The first-order valence-corrected chi connectivity index (χ1v) is 10.7. The molecule has 1 heterocycles. The highest BCUT2D eigenvalue weighted by atomic mass is 16.5. The standard InChI is InChI=1S/C27H24O8/c1-30-18-7-5-16(6-8-18)11-26(28)34-19-9-10-20-22(14-19)35-25(27(20)29)13-17-12-23(32-3)24(33-4)15-21(17)31-2/h5-10,12-15H,11H2,1-4H3/b25-13-. The second kappa shape index (κ2) is 10.2. The molecule has 0 saturated heterocycles. The Bertz CT molecular complexity index is 1290. The number of benzene rings is 3. The van der Waals surface area contributed by atoms with Gasteiger partial charge in [0.1, 0.15) is 23.0 Å². The Balaban J connectivity index is 1.52. The fourth-order valence-electron chi connectivity index (χ4n) is 3.62. The molecule has 3 aromatic rings. The number of Topliss-reactive ketones (excluding diaryl/α,β-unsaturated/α-hetero) is 1. The first-order valence-electron chi connectivity index (χ1n) is 10.7. The van der Waals surface area contributed by atoms with Gasteiger partial charge in [0, 0.05) is 17.7 Å². The van der Waals surface area contributed by atoms with E-state index in [0.29, 0.717) is 39.9 Å². The van der Waals surface area contributed by atoms with E-state index in [-0.39, 0.29) is 23.7 Å². The molecule has 0 aromatic heterocycles. The maximum atomic E-state index is 12.9. The van der Waals surface area contributed by atoms with Gasteiger partial charge in [-0.05, 0) is 42.0 Å². The maximum Gasteiger partial charge on any atom is 0.315 e. The van der Waals surface area contributed by atoms with Gasteiger partial charge in [0.05, 0.1) is 40.4 Å². The van der Waals surface area contributed by atoms with Gasteiger partial charge in [0.25, 0.3) is 0 Å². The van der Waals surface area contributed by atoms with E-state index in [4.69, 9.17) is 28.4 Å². The van der Waals surface area contributed by atoms with E-state index >= 15 is 0 Å². The summed E-state index contributed by atoms with van der Waals surface area (Å²) in [7, 11) is 6.14. The van der Waals surface area contributed by atoms with Gasteiger partial charge in [-0.25, -0.2) is 0 Å². The summed E-state index contributed by atoms with van der Waals surface area (Å²) in [4.78, 5) is 25.3. The molecule has 0 unspecified atom stereocenters. The summed E-state index contributed by atoms with van der Waals surface area (Å²) >= 11 is 0. The van der Waals surface area contributed by atoms with Crippen LogP contribution in [0.5, 0.6) is 34.5 Å². The topological polar surface area (TPSA) is 89.5 Å². The van der Waals surface area contributed by atoms with Crippen molar-refractivity contribution in [3.8, 4) is 34.5 Å². The fraction of sp³-hybridized carbons (Fsp3) is 0.185. The largest absolute Gasteiger partial charge is 0.497 e. The molecular formula is C27H24O8. The van der Waals surface area contributed by atoms with Gasteiger partial charge < -0.3 is 28.4 Å². The van der Waals surface area contributed by atoms with E-state index in [1.165, 1.54) is 27.4 Å². The number of hydrogen-bond acceptors (Lipinski definition) is 8. The molecule has 1 aliphatic rings. The van der Waals surface area contributed by atoms with Crippen LogP contribution in [0.15, 0.2) is 60.4 Å². The van der Waals surface area contributed by atoms with Gasteiger partial charge >= 0.3 is 5.97 Å². The van der Waals surface area contributed by atoms with Crippen LogP contribution in [0.3, 0.4) is 0 Å². The molecule has 0 saturated carbocycles. The Hall–Kier alpha value is -4.46. The number of allylic oxidation sites excluding steroid dienone is 1. The minimum atomic E-state index is -0.440. The molecule has 0 spiro atoms. The number of carbonyl (C=O) groups excluding carboxylic acids is 2. The van der Waals surface area contributed by atoms with Crippen LogP contribution in [0.1, 0.15) is 21.5 Å². The van der Waals surface area contributed by atoms with Crippen molar-refractivity contribution >= 4 is 17.8 Å². The van der Waals surface area contributed by atoms with Crippen LogP contribution in [0.4, 0.5) is 0 Å². The van der Waals surface area contributed by atoms with E-state index in [2.05, 4.69) is 0 Å². The van der Waals surface area contributed by atoms with Gasteiger partial charge in [-0.3, -0.25) is 9.59 Å². The lowest BCUT2D eigenvalue weighted by Gasteiger charge is -2.12. The number of fused-ring (bicyclic) bond motifs is 1. The molecule has 1 aliphatic heterocycles. The zero-order valence-electron chi connectivity index (χ0n) is 19.7. The summed E-state index contributed by atoms with van der Waals surface area (Å²) in [6.07, 6.45) is 1.66. The number of rotatable bonds is 8. The maximum absolute atomic E-state index is 12.9. The lowest BCUT2D eigenvalue weighted by molar-refractivity contribution is -0.133. The summed E-state index contributed by atoms with van der Waals surface area (Å²) in [5, 5.41) is 0. The Morgan fingerprint density at radius 1 is 0.800 bits per heavy atom. The summed E-state index contributed by atoms with van der Waals surface area (Å²) in [5.74, 6) is 2.11. The zero-order chi connectivity index (χ0) is 24.9. The highest BCUT2D eigenvalue weighted by molar-refractivity contribution is 6.14. The third kappa shape index (κ3) is 5.06. The Kier molecular flexibility index (Phi) is 6.91. The molecule has 3 aromatic carbocycles. The number of ether oxygens (including phenoxy) is 6. The van der Waals surface area contributed by atoms with Crippen molar-refractivity contribution in [3.05, 3.63) is 77.0 Å². The summed E-state index contributed by atoms with van der Waals surface area (Å²) < 4.78 is 32.4. The number of esters is 1. The molecule has 0 radical (unpaired) electrons. The minimum Gasteiger partial charge on any atom is -0.497 e. The average molecular weight is 476 g/mol. The van der Waals surface area contributed by atoms with E-state index in [9.17, 15) is 9.59 Å². The van der Waals surface area contributed by atoms with Crippen molar-refractivity contribution in [3.63, 3.8) is 0 Å². The molecule has 35 heavy (non-hydrogen) atoms. The number of hydrogen-bond donors (Lipinski definition) is 0. The molecule has 8 nitrogen and oxygen atoms in total. The van der Waals surface area contributed by atoms with Gasteiger partial charge in [0.2, 0.25) is 5.78 Å². The van der Waals surface area contributed by atoms with Gasteiger partial charge in [-0.1, -0.05) is 12.1 Å². The highest BCUT2D eigenvalue weighted by Crippen LogP contribution is 2.39. The Morgan fingerprint density at radius 3 is 2.11 bits per heavy atom. The van der Waals surface area contributed by atoms with Crippen molar-refractivity contribution in [1.82, 2.24) is 0 Å². The normalized spacial score (nSPS) is 13.1. The van der Waals surface area contributed by atoms with Crippen LogP contribution < -0.4 is 28.4 Å². The lowest BCUT2D eigenvalue weighted by Crippen LogP contribution is -2.11. The lowest BCUT2D eigenvalue weighted by atomic mass is 10.1. The fourth-order valence-corrected chi connectivity index (χ4v) is 3.62. The SMILES string of the molecule is COc1ccc(CC(=O)Oc2ccc3c(c2)O/C(=C\c2cc(OC)c(OC)cc2OC)C3=O)cc1. The van der Waals surface area contributed by atoms with Crippen molar-refractivity contribution in [2.45, 2.75) is 6.42 Å². The smallest absolute Gasteiger partial charge is 0.315 e. The van der Waals surface area contributed by atoms with E-state index < -0.39 is 5.97 Å². The average Bonchev–Trinajstić information content (AvgIpc) is 3.18. The van der Waals surface area contributed by atoms with Gasteiger partial charge in [0.15, 0.2) is 17.3 Å². The summed E-state index contributed by atoms with van der Waals surface area (Å²) in [5.41, 5.74) is 1.73. The second-order valence-electron chi connectivity index (χ2n) is 7.55. The van der Waals surface area contributed by atoms with Gasteiger partial charge in [-0.2, -0.15) is 0 Å². The summed E-state index contributed by atoms with van der Waals surface area (Å²) in [6.45, 7) is 0. The molecule has 4 rings (SSSR count). The van der Waals surface area contributed by atoms with E-state index in [1.807, 2.05) is 0 Å². The van der Waals surface area contributed by atoms with E-state index in [1.54, 1.807) is 61.7 Å². The zero-order valence-corrected chi connectivity index (χ0v) is 19.7. The first kappa shape index (κ1) is 23.7. The third-order valence-electron chi connectivity index (χ3n) is 5.40. The summed E-state index contributed by atoms with van der Waals surface area (Å²) in [6, 6.07) is 15.2. The van der Waals surface area contributed by atoms with Crippen LogP contribution in [-0.2, 0) is 11.2 Å². The van der Waals surface area contributed by atoms with Crippen LogP contribution in [0.2, 0.25) is 0 Å². The van der Waals surface area contributed by atoms with Crippen molar-refractivity contribution in [1.29, 1.82) is 0 Å². The van der Waals surface area contributed by atoms with Crippen molar-refractivity contribution < 1.29 is 38.0 Å². The quantitative estimate of drug-likeness (QED) is 0.267. The molecule has 180 valence electrons. The molecule has 0 bridgehead atoms. The molecule has 0 aliphatic carbocycles. The van der Waals surface area contributed by atoms with Gasteiger partial charge in [-0.15, -0.1) is 0 Å². The molecule has 0 amide bonds. The van der Waals surface area contributed by atoms with Crippen LogP contribution in [0, 0.1) is 0 Å². The molecule has 0 atom stereocenters. The number of carbonyl (C=O) groups is 2. The first-order chi connectivity index (χ1) is 16.9. The highest BCUT2D eigenvalue weighted by Gasteiger charge is 2.28. The van der Waals surface area contributed by atoms with Crippen LogP contribution in [-0.4, -0.2) is 40.2 Å².